The first kappa shape index (κ1) is 13.6. The van der Waals surface area contributed by atoms with E-state index in [1.807, 2.05) is 6.92 Å². The van der Waals surface area contributed by atoms with Gasteiger partial charge in [-0.1, -0.05) is 23.2 Å². The van der Waals surface area contributed by atoms with Crippen LogP contribution in [0.4, 0.5) is 0 Å². The second-order valence-electron chi connectivity index (χ2n) is 4.31. The fourth-order valence-corrected chi connectivity index (χ4v) is 2.20. The van der Waals surface area contributed by atoms with Crippen LogP contribution in [0.25, 0.3) is 0 Å². The highest BCUT2D eigenvalue weighted by Crippen LogP contribution is 2.20. The molecule has 0 bridgehead atoms. The van der Waals surface area contributed by atoms with Crippen LogP contribution in [0, 0.1) is 0 Å². The van der Waals surface area contributed by atoms with Gasteiger partial charge in [0.1, 0.15) is 5.15 Å². The molecule has 0 saturated carbocycles. The topological polar surface area (TPSA) is 51.2 Å². The lowest BCUT2D eigenvalue weighted by Crippen LogP contribution is -2.40. The van der Waals surface area contributed by atoms with Crippen molar-refractivity contribution >= 4 is 29.1 Å². The molecule has 1 saturated heterocycles. The van der Waals surface area contributed by atoms with E-state index in [-0.39, 0.29) is 28.2 Å². The zero-order chi connectivity index (χ0) is 13.1. The number of halogens is 2. The molecule has 1 N–H and O–H groups in total. The van der Waals surface area contributed by atoms with Crippen molar-refractivity contribution < 1.29 is 9.53 Å². The zero-order valence-corrected chi connectivity index (χ0v) is 11.5. The van der Waals surface area contributed by atoms with Gasteiger partial charge in [0.2, 0.25) is 0 Å². The summed E-state index contributed by atoms with van der Waals surface area (Å²) in [7, 11) is 0. The number of ether oxygens (including phenoxy) is 1. The molecule has 6 heteroatoms. The molecule has 1 aliphatic rings. The van der Waals surface area contributed by atoms with Crippen LogP contribution in [-0.4, -0.2) is 29.6 Å². The Labute approximate surface area is 116 Å². The Morgan fingerprint density at radius 3 is 3.00 bits per heavy atom. The molecule has 0 aliphatic carbocycles. The van der Waals surface area contributed by atoms with Crippen molar-refractivity contribution in [3.8, 4) is 0 Å². The van der Waals surface area contributed by atoms with Gasteiger partial charge in [0.15, 0.2) is 0 Å². The number of rotatable bonds is 3. The van der Waals surface area contributed by atoms with E-state index in [2.05, 4.69) is 10.3 Å². The van der Waals surface area contributed by atoms with Crippen LogP contribution in [0.15, 0.2) is 12.3 Å². The summed E-state index contributed by atoms with van der Waals surface area (Å²) < 4.78 is 5.52. The number of pyridine rings is 1. The third-order valence-electron chi connectivity index (χ3n) is 2.94. The molecule has 2 unspecified atom stereocenters. The first-order chi connectivity index (χ1) is 8.58. The monoisotopic (exact) mass is 288 g/mol. The number of hydrogen-bond acceptors (Lipinski definition) is 3. The molecule has 1 fully saturated rings. The molecule has 1 amide bonds. The molecule has 0 aromatic carbocycles. The summed E-state index contributed by atoms with van der Waals surface area (Å²) in [6.07, 6.45) is 3.51. The molecule has 4 nitrogen and oxygen atoms in total. The number of nitrogens with one attached hydrogen (secondary N) is 1. The van der Waals surface area contributed by atoms with Gasteiger partial charge in [-0.3, -0.25) is 4.79 Å². The summed E-state index contributed by atoms with van der Waals surface area (Å²) in [5.41, 5.74) is 0.397. The Bertz CT molecular complexity index is 448. The van der Waals surface area contributed by atoms with Crippen LogP contribution in [0.5, 0.6) is 0 Å². The van der Waals surface area contributed by atoms with E-state index in [0.29, 0.717) is 5.56 Å². The van der Waals surface area contributed by atoms with Crippen LogP contribution in [0.1, 0.15) is 30.1 Å². The Morgan fingerprint density at radius 2 is 2.39 bits per heavy atom. The molecule has 2 heterocycles. The van der Waals surface area contributed by atoms with Gasteiger partial charge >= 0.3 is 0 Å². The quantitative estimate of drug-likeness (QED) is 0.870. The summed E-state index contributed by atoms with van der Waals surface area (Å²) in [4.78, 5) is 15.8. The van der Waals surface area contributed by atoms with E-state index in [0.717, 1.165) is 19.4 Å². The molecule has 1 aliphatic heterocycles. The number of aromatic nitrogens is 1. The highest BCUT2D eigenvalue weighted by Gasteiger charge is 2.24. The van der Waals surface area contributed by atoms with Gasteiger partial charge in [0, 0.05) is 12.8 Å². The first-order valence-corrected chi connectivity index (χ1v) is 6.57. The van der Waals surface area contributed by atoms with Crippen LogP contribution >= 0.6 is 23.2 Å². The molecular weight excluding hydrogens is 275 g/mol. The van der Waals surface area contributed by atoms with Crippen LogP contribution in [0.3, 0.4) is 0 Å². The van der Waals surface area contributed by atoms with Crippen LogP contribution < -0.4 is 5.32 Å². The molecule has 1 aromatic heterocycles. The number of amides is 1. The summed E-state index contributed by atoms with van der Waals surface area (Å²) in [6, 6.07) is 1.48. The lowest BCUT2D eigenvalue weighted by atomic mass is 10.1. The molecule has 0 radical (unpaired) electrons. The second-order valence-corrected chi connectivity index (χ2v) is 5.08. The minimum atomic E-state index is -0.218. The molecule has 0 spiro atoms. The Balaban J connectivity index is 2.00. The van der Waals surface area contributed by atoms with Gasteiger partial charge < -0.3 is 10.1 Å². The SMILES string of the molecule is CC(NC(=O)c1cnc(Cl)c(Cl)c1)C1CCCO1. The van der Waals surface area contributed by atoms with Gasteiger partial charge in [-0.05, 0) is 25.8 Å². The summed E-state index contributed by atoms with van der Waals surface area (Å²) in [5, 5.41) is 3.35. The lowest BCUT2D eigenvalue weighted by Gasteiger charge is -2.19. The molecule has 98 valence electrons. The molecular formula is C12H14Cl2N2O2. The predicted octanol–water partition coefficient (Wildman–Crippen LogP) is 2.69. The Morgan fingerprint density at radius 1 is 1.61 bits per heavy atom. The van der Waals surface area contributed by atoms with Crippen molar-refractivity contribution in [2.75, 3.05) is 6.61 Å². The molecule has 1 aromatic rings. The van der Waals surface area contributed by atoms with E-state index in [1.54, 1.807) is 0 Å². The number of hydrogen-bond donors (Lipinski definition) is 1. The number of carbonyl (C=O) groups excluding carboxylic acids is 1. The maximum absolute atomic E-state index is 12.0. The van der Waals surface area contributed by atoms with Gasteiger partial charge in [-0.25, -0.2) is 4.98 Å². The molecule has 2 atom stereocenters. The predicted molar refractivity (Wildman–Crippen MR) is 70.2 cm³/mol. The number of carbonyl (C=O) groups is 1. The highest BCUT2D eigenvalue weighted by atomic mass is 35.5. The third kappa shape index (κ3) is 3.13. The fraction of sp³-hybridized carbons (Fsp3) is 0.500. The van der Waals surface area contributed by atoms with E-state index in [1.165, 1.54) is 12.3 Å². The molecule has 2 rings (SSSR count). The molecule has 18 heavy (non-hydrogen) atoms. The number of nitrogens with zero attached hydrogens (tertiary/aromatic N) is 1. The highest BCUT2D eigenvalue weighted by molar-refractivity contribution is 6.41. The van der Waals surface area contributed by atoms with E-state index in [9.17, 15) is 4.79 Å². The van der Waals surface area contributed by atoms with Crippen molar-refractivity contribution in [1.29, 1.82) is 0 Å². The van der Waals surface area contributed by atoms with Gasteiger partial charge in [-0.15, -0.1) is 0 Å². The smallest absolute Gasteiger partial charge is 0.253 e. The van der Waals surface area contributed by atoms with Crippen molar-refractivity contribution in [1.82, 2.24) is 10.3 Å². The lowest BCUT2D eigenvalue weighted by molar-refractivity contribution is 0.0712. The average Bonchev–Trinajstić information content (AvgIpc) is 2.86. The summed E-state index contributed by atoms with van der Waals surface area (Å²) in [6.45, 7) is 2.69. The van der Waals surface area contributed by atoms with Crippen molar-refractivity contribution in [2.45, 2.75) is 31.9 Å². The van der Waals surface area contributed by atoms with Crippen molar-refractivity contribution in [3.63, 3.8) is 0 Å². The van der Waals surface area contributed by atoms with E-state index < -0.39 is 0 Å². The fourth-order valence-electron chi connectivity index (χ4n) is 1.93. The van der Waals surface area contributed by atoms with E-state index >= 15 is 0 Å². The second kappa shape index (κ2) is 5.87. The van der Waals surface area contributed by atoms with Crippen LogP contribution in [0.2, 0.25) is 10.2 Å². The van der Waals surface area contributed by atoms with Gasteiger partial charge in [0.05, 0.1) is 22.7 Å². The van der Waals surface area contributed by atoms with Gasteiger partial charge in [-0.2, -0.15) is 0 Å². The largest absolute Gasteiger partial charge is 0.376 e. The van der Waals surface area contributed by atoms with Crippen LogP contribution in [-0.2, 0) is 4.74 Å². The minimum Gasteiger partial charge on any atom is -0.376 e. The first-order valence-electron chi connectivity index (χ1n) is 5.81. The maximum Gasteiger partial charge on any atom is 0.253 e. The summed E-state index contributed by atoms with van der Waals surface area (Å²) in [5.74, 6) is -0.218. The maximum atomic E-state index is 12.0. The Kier molecular flexibility index (Phi) is 4.43. The van der Waals surface area contributed by atoms with Crippen molar-refractivity contribution in [3.05, 3.63) is 28.0 Å². The van der Waals surface area contributed by atoms with E-state index in [4.69, 9.17) is 27.9 Å². The van der Waals surface area contributed by atoms with Gasteiger partial charge in [0.25, 0.3) is 5.91 Å². The van der Waals surface area contributed by atoms with Crippen molar-refractivity contribution in [2.24, 2.45) is 0 Å². The third-order valence-corrected chi connectivity index (χ3v) is 3.63. The normalized spacial score (nSPS) is 20.7. The summed E-state index contributed by atoms with van der Waals surface area (Å²) >= 11 is 11.5. The average molecular weight is 289 g/mol. The standard InChI is InChI=1S/C12H14Cl2N2O2/c1-7(10-3-2-4-18-10)16-12(17)8-5-9(13)11(14)15-6-8/h5-7,10H,2-4H2,1H3,(H,16,17). The Hall–Kier alpha value is -0.840. The minimum absolute atomic E-state index is 0.0329. The zero-order valence-electron chi connectivity index (χ0n) is 9.95.